The molecule has 0 saturated carbocycles. The van der Waals surface area contributed by atoms with Gasteiger partial charge >= 0.3 is 5.97 Å². The smallest absolute Gasteiger partial charge is 0.335 e. The van der Waals surface area contributed by atoms with Gasteiger partial charge in [-0.25, -0.2) is 4.79 Å². The number of hydrogen-bond acceptors (Lipinski definition) is 3. The van der Waals surface area contributed by atoms with Crippen LogP contribution in [0.4, 0.5) is 5.69 Å². The second-order valence-electron chi connectivity index (χ2n) is 12.8. The number of carbonyl (C=O) groups is 2. The maximum atomic E-state index is 13.5. The van der Waals surface area contributed by atoms with E-state index in [1.165, 1.54) is 5.56 Å². The zero-order valence-electron chi connectivity index (χ0n) is 24.7. The lowest BCUT2D eigenvalue weighted by Crippen LogP contribution is -2.18. The van der Waals surface area contributed by atoms with Crippen LogP contribution in [0.25, 0.3) is 17.2 Å². The highest BCUT2D eigenvalue weighted by molar-refractivity contribution is 6.08. The van der Waals surface area contributed by atoms with Crippen LogP contribution in [-0.4, -0.2) is 23.4 Å². The van der Waals surface area contributed by atoms with Crippen LogP contribution in [0.5, 0.6) is 0 Å². The molecule has 0 aliphatic rings. The number of benzene rings is 3. The second kappa shape index (κ2) is 12.0. The van der Waals surface area contributed by atoms with E-state index >= 15 is 0 Å². The summed E-state index contributed by atoms with van der Waals surface area (Å²) < 4.78 is 0. The minimum absolute atomic E-state index is 0.0543. The second-order valence-corrected chi connectivity index (χ2v) is 12.8. The lowest BCUT2D eigenvalue weighted by Gasteiger charge is -2.27. The van der Waals surface area contributed by atoms with Crippen LogP contribution in [0.3, 0.4) is 0 Å². The van der Waals surface area contributed by atoms with Crippen molar-refractivity contribution in [1.82, 2.24) is 0 Å². The van der Waals surface area contributed by atoms with E-state index in [0.29, 0.717) is 11.5 Å². The Morgan fingerprint density at radius 1 is 0.846 bits per heavy atom. The van der Waals surface area contributed by atoms with Crippen molar-refractivity contribution in [2.45, 2.75) is 72.6 Å². The fraction of sp³-hybridized carbons (Fsp3) is 0.371. The van der Waals surface area contributed by atoms with Gasteiger partial charge in [0.1, 0.15) is 0 Å². The SMILES string of the molecule is CC(C)CCNc1c(-c2ccc(C(C)(C)C)cc2)cc(C(=O)C=Cc2ccc(C(=O)O)cc2)cc1C(C)(C)C. The molecule has 0 aliphatic heterocycles. The molecule has 4 heteroatoms. The van der Waals surface area contributed by atoms with Gasteiger partial charge in [-0.05, 0) is 75.8 Å². The molecule has 0 atom stereocenters. The van der Waals surface area contributed by atoms with Crippen LogP contribution >= 0.6 is 0 Å². The number of anilines is 1. The monoisotopic (exact) mass is 525 g/mol. The van der Waals surface area contributed by atoms with E-state index in [4.69, 9.17) is 5.11 Å². The highest BCUT2D eigenvalue weighted by atomic mass is 16.4. The summed E-state index contributed by atoms with van der Waals surface area (Å²) in [5.74, 6) is -0.480. The van der Waals surface area contributed by atoms with Crippen LogP contribution in [0.1, 0.15) is 99.2 Å². The fourth-order valence-electron chi connectivity index (χ4n) is 4.43. The summed E-state index contributed by atoms with van der Waals surface area (Å²) in [5.41, 5.74) is 7.03. The van der Waals surface area contributed by atoms with Gasteiger partial charge in [0.2, 0.25) is 0 Å². The van der Waals surface area contributed by atoms with Gasteiger partial charge in [0.05, 0.1) is 5.56 Å². The van der Waals surface area contributed by atoms with E-state index in [0.717, 1.165) is 40.9 Å². The van der Waals surface area contributed by atoms with Crippen molar-refractivity contribution in [2.75, 3.05) is 11.9 Å². The van der Waals surface area contributed by atoms with E-state index < -0.39 is 5.97 Å². The van der Waals surface area contributed by atoms with Crippen molar-refractivity contribution in [3.05, 3.63) is 94.6 Å². The van der Waals surface area contributed by atoms with Crippen molar-refractivity contribution in [1.29, 1.82) is 0 Å². The predicted molar refractivity (Wildman–Crippen MR) is 164 cm³/mol. The summed E-state index contributed by atoms with van der Waals surface area (Å²) in [4.78, 5) is 24.6. The number of aromatic carboxylic acids is 1. The molecule has 3 rings (SSSR count). The van der Waals surface area contributed by atoms with Gasteiger partial charge in [-0.3, -0.25) is 4.79 Å². The highest BCUT2D eigenvalue weighted by Gasteiger charge is 2.24. The molecule has 3 aromatic rings. The normalized spacial score (nSPS) is 12.2. The minimum Gasteiger partial charge on any atom is -0.478 e. The van der Waals surface area contributed by atoms with E-state index in [9.17, 15) is 9.59 Å². The minimum atomic E-state index is -0.971. The van der Waals surface area contributed by atoms with Crippen LogP contribution in [0.2, 0.25) is 0 Å². The lowest BCUT2D eigenvalue weighted by molar-refractivity contribution is 0.0696. The Kier molecular flexibility index (Phi) is 9.22. The third kappa shape index (κ3) is 7.92. The van der Waals surface area contributed by atoms with Gasteiger partial charge in [0.15, 0.2) is 5.78 Å². The number of nitrogens with one attached hydrogen (secondary N) is 1. The third-order valence-electron chi connectivity index (χ3n) is 6.90. The summed E-state index contributed by atoms with van der Waals surface area (Å²) in [6.45, 7) is 18.5. The molecule has 4 nitrogen and oxygen atoms in total. The molecule has 0 spiro atoms. The van der Waals surface area contributed by atoms with Crippen molar-refractivity contribution in [3.8, 4) is 11.1 Å². The Balaban J connectivity index is 2.10. The summed E-state index contributed by atoms with van der Waals surface area (Å²) in [6, 6.07) is 19.2. The van der Waals surface area contributed by atoms with E-state index in [1.807, 2.05) is 12.1 Å². The van der Waals surface area contributed by atoms with Gasteiger partial charge in [0, 0.05) is 23.4 Å². The molecule has 0 amide bonds. The van der Waals surface area contributed by atoms with Crippen LogP contribution in [0.15, 0.2) is 66.7 Å². The molecular formula is C35H43NO3. The first kappa shape index (κ1) is 29.9. The molecule has 0 bridgehead atoms. The van der Waals surface area contributed by atoms with Gasteiger partial charge in [0.25, 0.3) is 0 Å². The number of hydrogen-bond donors (Lipinski definition) is 2. The zero-order valence-corrected chi connectivity index (χ0v) is 24.7. The molecule has 0 radical (unpaired) electrons. The molecular weight excluding hydrogens is 482 g/mol. The summed E-state index contributed by atoms with van der Waals surface area (Å²) in [5, 5.41) is 12.9. The van der Waals surface area contributed by atoms with Crippen LogP contribution in [-0.2, 0) is 10.8 Å². The first-order valence-corrected chi connectivity index (χ1v) is 13.8. The number of carbonyl (C=O) groups excluding carboxylic acids is 1. The number of ketones is 1. The summed E-state index contributed by atoms with van der Waals surface area (Å²) in [7, 11) is 0. The first-order chi connectivity index (χ1) is 18.2. The Labute approximate surface area is 234 Å². The molecule has 0 unspecified atom stereocenters. The molecule has 0 heterocycles. The van der Waals surface area contributed by atoms with Crippen molar-refractivity contribution < 1.29 is 14.7 Å². The summed E-state index contributed by atoms with van der Waals surface area (Å²) in [6.07, 6.45) is 4.35. The Hall–Kier alpha value is -3.66. The maximum Gasteiger partial charge on any atom is 0.335 e. The molecule has 206 valence electrons. The lowest BCUT2D eigenvalue weighted by atomic mass is 9.81. The summed E-state index contributed by atoms with van der Waals surface area (Å²) >= 11 is 0. The van der Waals surface area contributed by atoms with Crippen molar-refractivity contribution >= 4 is 23.5 Å². The van der Waals surface area contributed by atoms with Gasteiger partial charge in [-0.15, -0.1) is 0 Å². The highest BCUT2D eigenvalue weighted by Crippen LogP contribution is 2.39. The molecule has 0 fully saturated rings. The van der Waals surface area contributed by atoms with E-state index in [-0.39, 0.29) is 22.2 Å². The Morgan fingerprint density at radius 2 is 1.46 bits per heavy atom. The average Bonchev–Trinajstić information content (AvgIpc) is 2.86. The van der Waals surface area contributed by atoms with Crippen LogP contribution in [0, 0.1) is 5.92 Å². The zero-order chi connectivity index (χ0) is 29.0. The molecule has 2 N–H and O–H groups in total. The van der Waals surface area contributed by atoms with Gasteiger partial charge < -0.3 is 10.4 Å². The number of carboxylic acids is 1. The standard InChI is InChI=1S/C35H43NO3/c1-23(2)19-20-36-32-29(25-14-16-28(17-15-25)34(3,4)5)21-27(22-30(32)35(6,7)8)31(37)18-11-24-9-12-26(13-10-24)33(38)39/h9-18,21-23,36H,19-20H2,1-8H3,(H,38,39). The quantitative estimate of drug-likeness (QED) is 0.216. The van der Waals surface area contributed by atoms with Gasteiger partial charge in [-0.1, -0.05) is 97.9 Å². The van der Waals surface area contributed by atoms with E-state index in [1.54, 1.807) is 36.4 Å². The van der Waals surface area contributed by atoms with E-state index in [2.05, 4.69) is 85.0 Å². The molecule has 3 aromatic carbocycles. The molecule has 39 heavy (non-hydrogen) atoms. The fourth-order valence-corrected chi connectivity index (χ4v) is 4.43. The Morgan fingerprint density at radius 3 is 1.97 bits per heavy atom. The van der Waals surface area contributed by atoms with Crippen molar-refractivity contribution in [2.24, 2.45) is 5.92 Å². The number of rotatable bonds is 9. The number of allylic oxidation sites excluding steroid dienone is 1. The van der Waals surface area contributed by atoms with Crippen molar-refractivity contribution in [3.63, 3.8) is 0 Å². The average molecular weight is 526 g/mol. The molecule has 0 aromatic heterocycles. The van der Waals surface area contributed by atoms with Gasteiger partial charge in [-0.2, -0.15) is 0 Å². The molecule has 0 saturated heterocycles. The molecule has 0 aliphatic carbocycles. The third-order valence-corrected chi connectivity index (χ3v) is 6.90. The first-order valence-electron chi connectivity index (χ1n) is 13.8. The topological polar surface area (TPSA) is 66.4 Å². The maximum absolute atomic E-state index is 13.5. The number of carboxylic acid groups (broad SMARTS) is 1. The largest absolute Gasteiger partial charge is 0.478 e. The predicted octanol–water partition coefficient (Wildman–Crippen LogP) is 9.00. The Bertz CT molecular complexity index is 1330. The van der Waals surface area contributed by atoms with Crippen LogP contribution < -0.4 is 5.32 Å².